The monoisotopic (exact) mass is 997 g/mol. The molecule has 376 valence electrons. The fraction of sp³-hybridized carbons (Fsp3) is 0.0862. The lowest BCUT2D eigenvalue weighted by Crippen LogP contribution is -2.13. The second kappa shape index (κ2) is 24.2. The Hall–Kier alpha value is -10.3. The maximum absolute atomic E-state index is 12.3. The molecule has 10 aromatic rings. The SMILES string of the molecule is COc1ccnn1Cc1ccc(C(=O)Nc2ccccc2N)cc1.C[C@H](c1ccc(C(=O)Nc2ccccc2N)cc1)n1cccn1.NC(=O)c1ccc(Cn2ccc(-c3ccccn3)n2)cc1-c1ccccc1N. The van der Waals surface area contributed by atoms with Crippen LogP contribution in [0.1, 0.15) is 60.7 Å². The maximum atomic E-state index is 12.3. The Morgan fingerprint density at radius 2 is 1.19 bits per heavy atom. The molecule has 6 aromatic carbocycles. The molecule has 4 heterocycles. The van der Waals surface area contributed by atoms with Crippen LogP contribution in [0, 0.1) is 0 Å². The van der Waals surface area contributed by atoms with E-state index in [1.54, 1.807) is 85.0 Å². The molecule has 0 bridgehead atoms. The van der Waals surface area contributed by atoms with Crippen LogP contribution in [0.4, 0.5) is 28.4 Å². The zero-order chi connectivity index (χ0) is 52.7. The zero-order valence-electron chi connectivity index (χ0n) is 41.2. The number of nitrogens with one attached hydrogen (secondary N) is 2. The quantitative estimate of drug-likeness (QED) is 0.0559. The van der Waals surface area contributed by atoms with E-state index in [1.807, 2.05) is 143 Å². The summed E-state index contributed by atoms with van der Waals surface area (Å²) in [6.45, 7) is 3.18. The topological polar surface area (TPSA) is 255 Å². The highest BCUT2D eigenvalue weighted by Crippen LogP contribution is 2.30. The van der Waals surface area contributed by atoms with Crippen LogP contribution in [0.25, 0.3) is 22.5 Å². The summed E-state index contributed by atoms with van der Waals surface area (Å²) in [5, 5.41) is 18.7. The van der Waals surface area contributed by atoms with Gasteiger partial charge in [0.25, 0.3) is 11.8 Å². The molecule has 0 fully saturated rings. The fourth-order valence-electron chi connectivity index (χ4n) is 7.89. The molecule has 0 aliphatic heterocycles. The highest BCUT2D eigenvalue weighted by molar-refractivity contribution is 6.06. The molecule has 75 heavy (non-hydrogen) atoms. The van der Waals surface area contributed by atoms with Crippen LogP contribution < -0.4 is 38.3 Å². The Morgan fingerprint density at radius 1 is 0.573 bits per heavy atom. The van der Waals surface area contributed by atoms with Crippen LogP contribution in [0.5, 0.6) is 5.88 Å². The van der Waals surface area contributed by atoms with Crippen LogP contribution >= 0.6 is 0 Å². The van der Waals surface area contributed by atoms with E-state index in [0.29, 0.717) is 64.1 Å². The first-order valence-corrected chi connectivity index (χ1v) is 23.7. The van der Waals surface area contributed by atoms with Crippen molar-refractivity contribution < 1.29 is 19.1 Å². The number of hydrogen-bond donors (Lipinski definition) is 6. The number of primary amides is 1. The summed E-state index contributed by atoms with van der Waals surface area (Å²) in [7, 11) is 1.61. The second-order valence-corrected chi connectivity index (χ2v) is 17.0. The molecular formula is C58H55N13O4. The van der Waals surface area contributed by atoms with Crippen molar-refractivity contribution in [2.24, 2.45) is 5.73 Å². The normalized spacial score (nSPS) is 11.0. The van der Waals surface area contributed by atoms with E-state index >= 15 is 0 Å². The molecule has 1 atom stereocenters. The number of methoxy groups -OCH3 is 1. The molecule has 0 saturated carbocycles. The molecule has 0 unspecified atom stereocenters. The van der Waals surface area contributed by atoms with E-state index in [9.17, 15) is 14.4 Å². The molecule has 0 aliphatic carbocycles. The van der Waals surface area contributed by atoms with Gasteiger partial charge in [0, 0.05) is 58.8 Å². The number of pyridine rings is 1. The van der Waals surface area contributed by atoms with Crippen molar-refractivity contribution in [1.29, 1.82) is 0 Å². The third-order valence-corrected chi connectivity index (χ3v) is 11.9. The lowest BCUT2D eigenvalue weighted by Gasteiger charge is -2.13. The van der Waals surface area contributed by atoms with E-state index in [-0.39, 0.29) is 17.9 Å². The number of para-hydroxylation sites is 5. The summed E-state index contributed by atoms with van der Waals surface area (Å²) in [6, 6.07) is 53.6. The Kier molecular flexibility index (Phi) is 16.5. The van der Waals surface area contributed by atoms with Crippen molar-refractivity contribution in [1.82, 2.24) is 34.3 Å². The first kappa shape index (κ1) is 51.1. The minimum atomic E-state index is -0.485. The summed E-state index contributed by atoms with van der Waals surface area (Å²) < 4.78 is 10.7. The Bertz CT molecular complexity index is 3500. The van der Waals surface area contributed by atoms with Gasteiger partial charge in [-0.3, -0.25) is 28.7 Å². The lowest BCUT2D eigenvalue weighted by molar-refractivity contribution is 0.0997. The number of rotatable bonds is 14. The largest absolute Gasteiger partial charge is 0.481 e. The van der Waals surface area contributed by atoms with Crippen LogP contribution in [0.3, 0.4) is 0 Å². The maximum Gasteiger partial charge on any atom is 0.255 e. The molecule has 10 N–H and O–H groups in total. The van der Waals surface area contributed by atoms with Crippen molar-refractivity contribution in [2.75, 3.05) is 34.9 Å². The van der Waals surface area contributed by atoms with Crippen molar-refractivity contribution in [3.05, 3.63) is 240 Å². The number of carbonyl (C=O) groups is 3. The average Bonchev–Trinajstić information content (AvgIpc) is 4.25. The van der Waals surface area contributed by atoms with Crippen LogP contribution in [-0.4, -0.2) is 59.2 Å². The van der Waals surface area contributed by atoms with E-state index in [2.05, 4.69) is 37.8 Å². The Balaban J connectivity index is 0.000000150. The highest BCUT2D eigenvalue weighted by atomic mass is 16.5. The molecule has 4 aromatic heterocycles. The second-order valence-electron chi connectivity index (χ2n) is 17.0. The van der Waals surface area contributed by atoms with Gasteiger partial charge in [-0.25, -0.2) is 4.68 Å². The van der Waals surface area contributed by atoms with E-state index in [1.165, 1.54) is 0 Å². The molecule has 17 nitrogen and oxygen atoms in total. The van der Waals surface area contributed by atoms with Gasteiger partial charge in [0.15, 0.2) is 0 Å². The van der Waals surface area contributed by atoms with Crippen molar-refractivity contribution in [3.8, 4) is 28.4 Å². The number of benzene rings is 6. The predicted octanol–water partition coefficient (Wildman–Crippen LogP) is 9.44. The molecule has 0 saturated heterocycles. The number of amides is 3. The van der Waals surface area contributed by atoms with Gasteiger partial charge in [-0.1, -0.05) is 78.9 Å². The first-order valence-electron chi connectivity index (χ1n) is 23.7. The van der Waals surface area contributed by atoms with Gasteiger partial charge in [-0.05, 0) is 120 Å². The molecule has 3 amide bonds. The van der Waals surface area contributed by atoms with E-state index in [0.717, 1.165) is 39.2 Å². The molecule has 17 heteroatoms. The standard InChI is InChI=1S/C22H19N5O.C18H18N4O2.C18H18N4O/c23-19-6-2-1-5-16(19)18-13-15(8-9-17(18)22(24)28)14-27-12-10-21(26-27)20-7-3-4-11-25-20;1-24-17-10-11-20-22(17)12-13-6-8-14(9-7-13)18(23)21-16-5-3-2-4-15(16)19;1-13(22-12-4-11-20-22)14-7-9-15(10-8-14)18(23)21-17-6-3-2-5-16(17)19/h1-13H,14,23H2,(H2,24,28);2-11H,12,19H2,1H3,(H,21,23);2-13H,19H2,1H3,(H,21,23)/t;;13-/m..1/s1. The summed E-state index contributed by atoms with van der Waals surface area (Å²) in [4.78, 5) is 40.8. The Labute approximate surface area is 433 Å². The Morgan fingerprint density at radius 3 is 1.77 bits per heavy atom. The fourth-order valence-corrected chi connectivity index (χ4v) is 7.89. The van der Waals surface area contributed by atoms with Gasteiger partial charge in [-0.2, -0.15) is 15.3 Å². The van der Waals surface area contributed by atoms with Crippen LogP contribution in [-0.2, 0) is 13.1 Å². The van der Waals surface area contributed by atoms with Crippen molar-refractivity contribution in [2.45, 2.75) is 26.1 Å². The van der Waals surface area contributed by atoms with Gasteiger partial charge in [0.1, 0.15) is 5.69 Å². The summed E-state index contributed by atoms with van der Waals surface area (Å²) >= 11 is 0. The minimum absolute atomic E-state index is 0.117. The number of carbonyl (C=O) groups excluding carboxylic acids is 3. The number of nitrogens with zero attached hydrogens (tertiary/aromatic N) is 7. The van der Waals surface area contributed by atoms with Crippen molar-refractivity contribution >= 4 is 46.2 Å². The molecular weight excluding hydrogens is 943 g/mol. The predicted molar refractivity (Wildman–Crippen MR) is 294 cm³/mol. The highest BCUT2D eigenvalue weighted by Gasteiger charge is 2.15. The third-order valence-electron chi connectivity index (χ3n) is 11.9. The first-order chi connectivity index (χ1) is 36.4. The molecule has 0 spiro atoms. The summed E-state index contributed by atoms with van der Waals surface area (Å²) in [5.41, 5.74) is 34.1. The number of ether oxygens (including phenoxy) is 1. The van der Waals surface area contributed by atoms with Gasteiger partial charge in [0.05, 0.1) is 60.9 Å². The third kappa shape index (κ3) is 13.2. The number of nitrogen functional groups attached to an aromatic ring is 3. The average molecular weight is 998 g/mol. The smallest absolute Gasteiger partial charge is 0.255 e. The number of nitrogens with two attached hydrogens (primary N) is 4. The number of hydrogen-bond acceptors (Lipinski definition) is 11. The minimum Gasteiger partial charge on any atom is -0.481 e. The van der Waals surface area contributed by atoms with E-state index < -0.39 is 5.91 Å². The zero-order valence-corrected chi connectivity index (χ0v) is 41.2. The van der Waals surface area contributed by atoms with E-state index in [4.69, 9.17) is 27.7 Å². The number of anilines is 5. The van der Waals surface area contributed by atoms with Crippen LogP contribution in [0.15, 0.2) is 207 Å². The van der Waals surface area contributed by atoms with Gasteiger partial charge in [-0.15, -0.1) is 0 Å². The van der Waals surface area contributed by atoms with Gasteiger partial charge < -0.3 is 38.3 Å². The molecule has 10 rings (SSSR count). The van der Waals surface area contributed by atoms with Gasteiger partial charge >= 0.3 is 0 Å². The summed E-state index contributed by atoms with van der Waals surface area (Å²) in [6.07, 6.45) is 9.01. The lowest BCUT2D eigenvalue weighted by atomic mass is 9.95. The number of aromatic nitrogens is 7. The van der Waals surface area contributed by atoms with Crippen molar-refractivity contribution in [3.63, 3.8) is 0 Å². The molecule has 0 radical (unpaired) electrons. The molecule has 0 aliphatic rings. The van der Waals surface area contributed by atoms with Gasteiger partial charge in [0.2, 0.25) is 11.8 Å². The summed E-state index contributed by atoms with van der Waals surface area (Å²) in [5.74, 6) is -0.171. The van der Waals surface area contributed by atoms with Crippen LogP contribution in [0.2, 0.25) is 0 Å².